The second-order valence-corrected chi connectivity index (χ2v) is 6.89. The highest BCUT2D eigenvalue weighted by molar-refractivity contribution is 7.89. The second kappa shape index (κ2) is 7.22. The van der Waals surface area contributed by atoms with Gasteiger partial charge in [-0.3, -0.25) is 0 Å². The van der Waals surface area contributed by atoms with Crippen LogP contribution in [0.1, 0.15) is 5.56 Å². The SMILES string of the molecule is COc1ccc(C)cc1S(=O)(=O)NC[C@@H]1CNCCOC1. The van der Waals surface area contributed by atoms with E-state index >= 15 is 0 Å². The molecule has 1 saturated heterocycles. The molecule has 0 unspecified atom stereocenters. The van der Waals surface area contributed by atoms with Crippen LogP contribution in [0.25, 0.3) is 0 Å². The molecule has 1 aromatic carbocycles. The van der Waals surface area contributed by atoms with Gasteiger partial charge in [0.15, 0.2) is 0 Å². The van der Waals surface area contributed by atoms with Gasteiger partial charge in [-0.15, -0.1) is 0 Å². The molecule has 21 heavy (non-hydrogen) atoms. The van der Waals surface area contributed by atoms with Gasteiger partial charge in [-0.2, -0.15) is 0 Å². The molecular formula is C14H22N2O4S. The van der Waals surface area contributed by atoms with Crippen LogP contribution in [-0.2, 0) is 14.8 Å². The third kappa shape index (κ3) is 4.41. The molecule has 0 saturated carbocycles. The zero-order valence-electron chi connectivity index (χ0n) is 12.4. The molecule has 1 heterocycles. The summed E-state index contributed by atoms with van der Waals surface area (Å²) in [5.41, 5.74) is 0.871. The maximum atomic E-state index is 12.4. The summed E-state index contributed by atoms with van der Waals surface area (Å²) >= 11 is 0. The lowest BCUT2D eigenvalue weighted by Crippen LogP contribution is -2.35. The van der Waals surface area contributed by atoms with E-state index in [2.05, 4.69) is 10.0 Å². The zero-order chi connectivity index (χ0) is 15.3. The average molecular weight is 314 g/mol. The Balaban J connectivity index is 2.09. The number of methoxy groups -OCH3 is 1. The van der Waals surface area contributed by atoms with Gasteiger partial charge in [0.2, 0.25) is 10.0 Å². The van der Waals surface area contributed by atoms with Crippen molar-refractivity contribution in [2.75, 3.05) is 40.0 Å². The Kier molecular flexibility index (Phi) is 5.58. The van der Waals surface area contributed by atoms with E-state index in [1.807, 2.05) is 13.0 Å². The molecule has 1 aromatic rings. The standard InChI is InChI=1S/C14H22N2O4S/c1-11-3-4-13(19-2)14(7-11)21(17,18)16-9-12-8-15-5-6-20-10-12/h3-4,7,12,15-16H,5-6,8-10H2,1-2H3/t12-/m0/s1. The van der Waals surface area contributed by atoms with Crippen molar-refractivity contribution in [3.05, 3.63) is 23.8 Å². The van der Waals surface area contributed by atoms with Crippen molar-refractivity contribution >= 4 is 10.0 Å². The molecule has 1 aliphatic heterocycles. The van der Waals surface area contributed by atoms with Crippen LogP contribution >= 0.6 is 0 Å². The fourth-order valence-electron chi connectivity index (χ4n) is 2.19. The third-order valence-corrected chi connectivity index (χ3v) is 4.83. The molecule has 0 radical (unpaired) electrons. The van der Waals surface area contributed by atoms with E-state index in [-0.39, 0.29) is 10.8 Å². The largest absolute Gasteiger partial charge is 0.495 e. The molecule has 1 fully saturated rings. The van der Waals surface area contributed by atoms with Crippen molar-refractivity contribution < 1.29 is 17.9 Å². The maximum absolute atomic E-state index is 12.4. The Labute approximate surface area is 125 Å². The molecule has 2 N–H and O–H groups in total. The van der Waals surface area contributed by atoms with Gasteiger partial charge in [-0.05, 0) is 24.6 Å². The normalized spacial score (nSPS) is 20.0. The molecule has 0 bridgehead atoms. The highest BCUT2D eigenvalue weighted by Gasteiger charge is 2.22. The van der Waals surface area contributed by atoms with E-state index in [0.29, 0.717) is 25.5 Å². The first-order valence-corrected chi connectivity index (χ1v) is 8.44. The van der Waals surface area contributed by atoms with E-state index in [0.717, 1.165) is 18.7 Å². The van der Waals surface area contributed by atoms with Crippen LogP contribution in [0, 0.1) is 12.8 Å². The van der Waals surface area contributed by atoms with Crippen LogP contribution in [-0.4, -0.2) is 48.4 Å². The number of ether oxygens (including phenoxy) is 2. The molecule has 0 amide bonds. The van der Waals surface area contributed by atoms with Gasteiger partial charge in [0.1, 0.15) is 10.6 Å². The Morgan fingerprint density at radius 2 is 2.29 bits per heavy atom. The lowest BCUT2D eigenvalue weighted by Gasteiger charge is -2.16. The molecule has 2 rings (SSSR count). The van der Waals surface area contributed by atoms with Crippen molar-refractivity contribution in [2.45, 2.75) is 11.8 Å². The average Bonchev–Trinajstić information content (AvgIpc) is 2.74. The topological polar surface area (TPSA) is 76.7 Å². The van der Waals surface area contributed by atoms with Gasteiger partial charge in [0, 0.05) is 25.6 Å². The molecule has 0 spiro atoms. The summed E-state index contributed by atoms with van der Waals surface area (Å²) in [6.07, 6.45) is 0. The predicted molar refractivity (Wildman–Crippen MR) is 80.1 cm³/mol. The minimum absolute atomic E-state index is 0.123. The quantitative estimate of drug-likeness (QED) is 0.828. The second-order valence-electron chi connectivity index (χ2n) is 5.15. The third-order valence-electron chi connectivity index (χ3n) is 3.38. The molecule has 6 nitrogen and oxygen atoms in total. The van der Waals surface area contributed by atoms with Crippen LogP contribution in [0.4, 0.5) is 0 Å². The first-order chi connectivity index (χ1) is 10.0. The summed E-state index contributed by atoms with van der Waals surface area (Å²) in [5, 5.41) is 3.22. The molecule has 1 atom stereocenters. The fourth-order valence-corrected chi connectivity index (χ4v) is 3.56. The van der Waals surface area contributed by atoms with Crippen molar-refractivity contribution in [1.82, 2.24) is 10.0 Å². The smallest absolute Gasteiger partial charge is 0.244 e. The van der Waals surface area contributed by atoms with Crippen LogP contribution in [0.5, 0.6) is 5.75 Å². The highest BCUT2D eigenvalue weighted by Crippen LogP contribution is 2.24. The Bertz CT molecular complexity index is 566. The number of rotatable bonds is 5. The minimum atomic E-state index is -3.60. The summed E-state index contributed by atoms with van der Waals surface area (Å²) < 4.78 is 38.1. The number of nitrogens with one attached hydrogen (secondary N) is 2. The van der Waals surface area contributed by atoms with Crippen molar-refractivity contribution in [1.29, 1.82) is 0 Å². The first kappa shape index (κ1) is 16.2. The number of aryl methyl sites for hydroxylation is 1. The van der Waals surface area contributed by atoms with Crippen LogP contribution in [0.2, 0.25) is 0 Å². The lowest BCUT2D eigenvalue weighted by molar-refractivity contribution is 0.124. The van der Waals surface area contributed by atoms with E-state index in [1.165, 1.54) is 7.11 Å². The maximum Gasteiger partial charge on any atom is 0.244 e. The van der Waals surface area contributed by atoms with Gasteiger partial charge in [-0.1, -0.05) is 6.07 Å². The minimum Gasteiger partial charge on any atom is -0.495 e. The zero-order valence-corrected chi connectivity index (χ0v) is 13.2. The number of benzene rings is 1. The Morgan fingerprint density at radius 3 is 3.05 bits per heavy atom. The number of hydrogen-bond donors (Lipinski definition) is 2. The Morgan fingerprint density at radius 1 is 1.48 bits per heavy atom. The molecule has 118 valence electrons. The predicted octanol–water partition coefficient (Wildman–Crippen LogP) is 0.518. The summed E-state index contributed by atoms with van der Waals surface area (Å²) in [7, 11) is -2.13. The summed E-state index contributed by atoms with van der Waals surface area (Å²) in [5.74, 6) is 0.474. The molecule has 1 aliphatic rings. The summed E-state index contributed by atoms with van der Waals surface area (Å²) in [6.45, 7) is 4.95. The first-order valence-electron chi connectivity index (χ1n) is 6.95. The number of hydrogen-bond acceptors (Lipinski definition) is 5. The van der Waals surface area contributed by atoms with Gasteiger partial charge in [-0.25, -0.2) is 13.1 Å². The monoisotopic (exact) mass is 314 g/mol. The van der Waals surface area contributed by atoms with E-state index in [9.17, 15) is 8.42 Å². The van der Waals surface area contributed by atoms with Crippen molar-refractivity contribution in [3.63, 3.8) is 0 Å². The van der Waals surface area contributed by atoms with Gasteiger partial charge in [0.25, 0.3) is 0 Å². The van der Waals surface area contributed by atoms with E-state index in [4.69, 9.17) is 9.47 Å². The van der Waals surface area contributed by atoms with Crippen LogP contribution < -0.4 is 14.8 Å². The summed E-state index contributed by atoms with van der Waals surface area (Å²) in [4.78, 5) is 0.174. The molecular weight excluding hydrogens is 292 g/mol. The molecule has 0 aromatic heterocycles. The Hall–Kier alpha value is -1.15. The van der Waals surface area contributed by atoms with Crippen LogP contribution in [0.3, 0.4) is 0 Å². The molecule has 0 aliphatic carbocycles. The van der Waals surface area contributed by atoms with Gasteiger partial charge >= 0.3 is 0 Å². The highest BCUT2D eigenvalue weighted by atomic mass is 32.2. The fraction of sp³-hybridized carbons (Fsp3) is 0.571. The molecule has 7 heteroatoms. The van der Waals surface area contributed by atoms with Crippen molar-refractivity contribution in [3.8, 4) is 5.75 Å². The lowest BCUT2D eigenvalue weighted by atomic mass is 10.2. The van der Waals surface area contributed by atoms with Gasteiger partial charge in [0.05, 0.1) is 20.3 Å². The summed E-state index contributed by atoms with van der Waals surface area (Å²) in [6, 6.07) is 5.10. The van der Waals surface area contributed by atoms with Crippen molar-refractivity contribution in [2.24, 2.45) is 5.92 Å². The van der Waals surface area contributed by atoms with E-state index in [1.54, 1.807) is 12.1 Å². The number of sulfonamides is 1. The van der Waals surface area contributed by atoms with Crippen LogP contribution in [0.15, 0.2) is 23.1 Å². The van der Waals surface area contributed by atoms with E-state index < -0.39 is 10.0 Å². The van der Waals surface area contributed by atoms with Gasteiger partial charge < -0.3 is 14.8 Å².